The van der Waals surface area contributed by atoms with Crippen molar-refractivity contribution >= 4 is 23.4 Å². The second-order valence-corrected chi connectivity index (χ2v) is 7.82. The van der Waals surface area contributed by atoms with Gasteiger partial charge in [0.05, 0.1) is 6.54 Å². The molecule has 0 heterocycles. The lowest BCUT2D eigenvalue weighted by molar-refractivity contribution is -0.118. The summed E-state index contributed by atoms with van der Waals surface area (Å²) in [6, 6.07) is 17.7. The predicted octanol–water partition coefficient (Wildman–Crippen LogP) is 4.50. The van der Waals surface area contributed by atoms with Crippen molar-refractivity contribution in [2.45, 2.75) is 42.7 Å². The van der Waals surface area contributed by atoms with Gasteiger partial charge < -0.3 is 5.32 Å². The van der Waals surface area contributed by atoms with Gasteiger partial charge in [-0.25, -0.2) is 0 Å². The average molecular weight is 353 g/mol. The van der Waals surface area contributed by atoms with E-state index in [1.807, 2.05) is 24.5 Å². The molecule has 0 bridgehead atoms. The van der Waals surface area contributed by atoms with Crippen molar-refractivity contribution in [3.63, 3.8) is 0 Å². The molecule has 0 spiro atoms. The number of thioether (sulfide) groups is 1. The predicted molar refractivity (Wildman–Crippen MR) is 104 cm³/mol. The molecule has 1 saturated carbocycles. The third kappa shape index (κ3) is 3.75. The van der Waals surface area contributed by atoms with Crippen LogP contribution in [0.4, 0.5) is 5.69 Å². The van der Waals surface area contributed by atoms with Crippen LogP contribution in [0.5, 0.6) is 0 Å². The monoisotopic (exact) mass is 352 g/mol. The Labute approximate surface area is 153 Å². The summed E-state index contributed by atoms with van der Waals surface area (Å²) >= 11 is 1.69. The number of fused-ring (bicyclic) bond motifs is 1. The number of benzene rings is 2. The average Bonchev–Trinajstić information content (AvgIpc) is 3.39. The maximum absolute atomic E-state index is 12.7. The number of hydrogen-bond donors (Lipinski definition) is 1. The van der Waals surface area contributed by atoms with Gasteiger partial charge in [-0.2, -0.15) is 0 Å². The molecule has 0 aromatic heterocycles. The molecule has 4 heteroatoms. The molecule has 25 heavy (non-hydrogen) atoms. The Bertz CT molecular complexity index is 772. The molecule has 1 unspecified atom stereocenters. The number of aryl methyl sites for hydroxylation is 1. The summed E-state index contributed by atoms with van der Waals surface area (Å²) < 4.78 is 0. The highest BCUT2D eigenvalue weighted by Gasteiger charge is 2.38. The van der Waals surface area contributed by atoms with Crippen LogP contribution in [0, 0.1) is 0 Å². The molecule has 2 aromatic carbocycles. The SMILES string of the molecule is CSc1cccc(NC(=O)CN(C2CC2)C2CCc3ccccc32)c1. The zero-order valence-corrected chi connectivity index (χ0v) is 15.4. The Kier molecular flexibility index (Phi) is 4.82. The topological polar surface area (TPSA) is 32.3 Å². The van der Waals surface area contributed by atoms with Crippen LogP contribution in [0.2, 0.25) is 0 Å². The molecule has 2 aliphatic carbocycles. The molecule has 1 amide bonds. The minimum atomic E-state index is 0.0922. The number of amides is 1. The Morgan fingerprint density at radius 2 is 2.00 bits per heavy atom. The van der Waals surface area contributed by atoms with Crippen LogP contribution < -0.4 is 5.32 Å². The number of nitrogens with zero attached hydrogens (tertiary/aromatic N) is 1. The smallest absolute Gasteiger partial charge is 0.238 e. The first-order valence-electron chi connectivity index (χ1n) is 9.02. The van der Waals surface area contributed by atoms with Crippen LogP contribution in [0.15, 0.2) is 53.4 Å². The summed E-state index contributed by atoms with van der Waals surface area (Å²) in [7, 11) is 0. The highest BCUT2D eigenvalue weighted by molar-refractivity contribution is 7.98. The lowest BCUT2D eigenvalue weighted by Crippen LogP contribution is -2.37. The Morgan fingerprint density at radius 3 is 2.80 bits per heavy atom. The van der Waals surface area contributed by atoms with E-state index in [-0.39, 0.29) is 5.91 Å². The molecule has 130 valence electrons. The van der Waals surface area contributed by atoms with E-state index < -0.39 is 0 Å². The van der Waals surface area contributed by atoms with Gasteiger partial charge in [-0.15, -0.1) is 11.8 Å². The molecular formula is C21H24N2OS. The largest absolute Gasteiger partial charge is 0.325 e. The van der Waals surface area contributed by atoms with Crippen LogP contribution in [0.3, 0.4) is 0 Å². The van der Waals surface area contributed by atoms with Gasteiger partial charge >= 0.3 is 0 Å². The second kappa shape index (κ2) is 7.22. The molecule has 1 N–H and O–H groups in total. The fourth-order valence-corrected chi connectivity index (χ4v) is 4.31. The van der Waals surface area contributed by atoms with E-state index in [0.29, 0.717) is 18.6 Å². The van der Waals surface area contributed by atoms with Crippen LogP contribution in [0.1, 0.15) is 36.4 Å². The minimum absolute atomic E-state index is 0.0922. The number of carbonyl (C=O) groups is 1. The van der Waals surface area contributed by atoms with Crippen LogP contribution >= 0.6 is 11.8 Å². The number of hydrogen-bond acceptors (Lipinski definition) is 3. The molecule has 1 atom stereocenters. The molecule has 0 aliphatic heterocycles. The van der Waals surface area contributed by atoms with Gasteiger partial charge in [-0.1, -0.05) is 30.3 Å². The van der Waals surface area contributed by atoms with E-state index >= 15 is 0 Å². The van der Waals surface area contributed by atoms with E-state index in [9.17, 15) is 4.79 Å². The van der Waals surface area contributed by atoms with Gasteiger partial charge in [0.1, 0.15) is 0 Å². The van der Waals surface area contributed by atoms with Crippen molar-refractivity contribution in [1.82, 2.24) is 4.90 Å². The van der Waals surface area contributed by atoms with Gasteiger partial charge in [0.2, 0.25) is 5.91 Å². The summed E-state index contributed by atoms with van der Waals surface area (Å²) in [5.74, 6) is 0.0922. The summed E-state index contributed by atoms with van der Waals surface area (Å²) in [6.45, 7) is 0.479. The summed E-state index contributed by atoms with van der Waals surface area (Å²) in [5.41, 5.74) is 3.76. The first kappa shape index (κ1) is 16.7. The molecule has 0 radical (unpaired) electrons. The third-order valence-electron chi connectivity index (χ3n) is 5.20. The zero-order valence-electron chi connectivity index (χ0n) is 14.6. The standard InChI is InChI=1S/C21H24N2OS/c1-25-18-7-4-6-16(13-18)22-21(24)14-23(17-10-11-17)20-12-9-15-5-2-3-8-19(15)20/h2-8,13,17,20H,9-12,14H2,1H3,(H,22,24). The second-order valence-electron chi connectivity index (χ2n) is 6.94. The highest BCUT2D eigenvalue weighted by atomic mass is 32.2. The van der Waals surface area contributed by atoms with Crippen LogP contribution in [0.25, 0.3) is 0 Å². The number of anilines is 1. The quantitative estimate of drug-likeness (QED) is 0.777. The first-order valence-corrected chi connectivity index (χ1v) is 10.2. The Morgan fingerprint density at radius 1 is 1.16 bits per heavy atom. The highest BCUT2D eigenvalue weighted by Crippen LogP contribution is 2.41. The molecule has 4 rings (SSSR count). The first-order chi connectivity index (χ1) is 12.2. The van der Waals surface area contributed by atoms with E-state index in [2.05, 4.69) is 40.5 Å². The minimum Gasteiger partial charge on any atom is -0.325 e. The molecule has 2 aliphatic rings. The Balaban J connectivity index is 1.46. The molecule has 2 aromatic rings. The van der Waals surface area contributed by atoms with Crippen LogP contribution in [-0.4, -0.2) is 29.6 Å². The normalized spacial score (nSPS) is 19.0. The lowest BCUT2D eigenvalue weighted by atomic mass is 10.1. The van der Waals surface area contributed by atoms with Gasteiger partial charge in [-0.3, -0.25) is 9.69 Å². The molecule has 1 fully saturated rings. The fourth-order valence-electron chi connectivity index (χ4n) is 3.85. The van der Waals surface area contributed by atoms with Crippen LogP contribution in [-0.2, 0) is 11.2 Å². The van der Waals surface area contributed by atoms with Crippen molar-refractivity contribution in [2.24, 2.45) is 0 Å². The number of rotatable bonds is 6. The summed E-state index contributed by atoms with van der Waals surface area (Å²) in [6.07, 6.45) is 6.74. The molecule has 3 nitrogen and oxygen atoms in total. The molecule has 0 saturated heterocycles. The van der Waals surface area contributed by atoms with E-state index in [4.69, 9.17) is 0 Å². The zero-order chi connectivity index (χ0) is 17.2. The van der Waals surface area contributed by atoms with E-state index in [1.54, 1.807) is 11.8 Å². The van der Waals surface area contributed by atoms with Crippen molar-refractivity contribution in [2.75, 3.05) is 18.1 Å². The summed E-state index contributed by atoms with van der Waals surface area (Å²) in [5, 5.41) is 3.08. The maximum atomic E-state index is 12.7. The van der Waals surface area contributed by atoms with E-state index in [0.717, 1.165) is 18.5 Å². The van der Waals surface area contributed by atoms with Crippen molar-refractivity contribution in [3.8, 4) is 0 Å². The fraction of sp³-hybridized carbons (Fsp3) is 0.381. The van der Waals surface area contributed by atoms with Gasteiger partial charge in [0.25, 0.3) is 0 Å². The maximum Gasteiger partial charge on any atom is 0.238 e. The lowest BCUT2D eigenvalue weighted by Gasteiger charge is -2.29. The summed E-state index contributed by atoms with van der Waals surface area (Å²) in [4.78, 5) is 16.3. The van der Waals surface area contributed by atoms with Gasteiger partial charge in [0, 0.05) is 22.7 Å². The molecular weight excluding hydrogens is 328 g/mol. The van der Waals surface area contributed by atoms with Gasteiger partial charge in [-0.05, 0) is 61.3 Å². The van der Waals surface area contributed by atoms with Crippen molar-refractivity contribution in [1.29, 1.82) is 0 Å². The van der Waals surface area contributed by atoms with Crippen molar-refractivity contribution < 1.29 is 4.79 Å². The van der Waals surface area contributed by atoms with Gasteiger partial charge in [0.15, 0.2) is 0 Å². The van der Waals surface area contributed by atoms with E-state index in [1.165, 1.54) is 28.9 Å². The van der Waals surface area contributed by atoms with Crippen molar-refractivity contribution in [3.05, 3.63) is 59.7 Å². The number of nitrogens with one attached hydrogen (secondary N) is 1. The Hall–Kier alpha value is -1.78. The third-order valence-corrected chi connectivity index (χ3v) is 5.92. The number of carbonyl (C=O) groups excluding carboxylic acids is 1.